The fourth-order valence-corrected chi connectivity index (χ4v) is 2.38. The average molecular weight is 341 g/mol. The summed E-state index contributed by atoms with van der Waals surface area (Å²) < 4.78 is 12.9. The van der Waals surface area contributed by atoms with Crippen LogP contribution in [0.5, 0.6) is 0 Å². The van der Waals surface area contributed by atoms with Crippen molar-refractivity contribution >= 4 is 23.7 Å². The van der Waals surface area contributed by atoms with Gasteiger partial charge in [-0.15, -0.1) is 0 Å². The molecule has 0 saturated carbocycles. The number of hydrogen-bond acceptors (Lipinski definition) is 4. The summed E-state index contributed by atoms with van der Waals surface area (Å²) in [7, 11) is 0. The topological polar surface area (TPSA) is 92.5 Å². The molecule has 0 unspecified atom stereocenters. The molecule has 126 valence electrons. The van der Waals surface area contributed by atoms with Crippen LogP contribution >= 0.6 is 0 Å². The van der Waals surface area contributed by atoms with E-state index < -0.39 is 22.7 Å². The molecule has 0 spiro atoms. The van der Waals surface area contributed by atoms with E-state index in [9.17, 15) is 24.1 Å². The van der Waals surface area contributed by atoms with E-state index >= 15 is 0 Å². The van der Waals surface area contributed by atoms with Crippen LogP contribution in [0.25, 0.3) is 6.08 Å². The number of rotatable bonds is 4. The van der Waals surface area contributed by atoms with Crippen LogP contribution < -0.4 is 5.32 Å². The SMILES string of the molecule is O=C1N/C(=C/c2cccc([N+](=O)[O-])c2)C(=O)N1Cc1ccc(F)cc1. The molecule has 1 aliphatic heterocycles. The Hall–Kier alpha value is -3.55. The Labute approximate surface area is 141 Å². The van der Waals surface area contributed by atoms with E-state index in [1.807, 2.05) is 0 Å². The lowest BCUT2D eigenvalue weighted by atomic mass is 10.1. The van der Waals surface area contributed by atoms with Gasteiger partial charge in [0.1, 0.15) is 11.5 Å². The molecule has 1 saturated heterocycles. The fraction of sp³-hybridized carbons (Fsp3) is 0.0588. The summed E-state index contributed by atoms with van der Waals surface area (Å²) in [5.41, 5.74) is 0.921. The van der Waals surface area contributed by atoms with Crippen molar-refractivity contribution in [2.75, 3.05) is 0 Å². The van der Waals surface area contributed by atoms with Gasteiger partial charge in [-0.05, 0) is 29.3 Å². The minimum atomic E-state index is -0.606. The van der Waals surface area contributed by atoms with Gasteiger partial charge < -0.3 is 5.32 Å². The van der Waals surface area contributed by atoms with E-state index in [-0.39, 0.29) is 17.9 Å². The predicted molar refractivity (Wildman–Crippen MR) is 86.6 cm³/mol. The third-order valence-corrected chi connectivity index (χ3v) is 3.61. The molecule has 0 radical (unpaired) electrons. The maximum atomic E-state index is 12.9. The van der Waals surface area contributed by atoms with Crippen LogP contribution in [0.2, 0.25) is 0 Å². The lowest BCUT2D eigenvalue weighted by molar-refractivity contribution is -0.384. The fourth-order valence-electron chi connectivity index (χ4n) is 2.38. The number of nitro groups is 1. The average Bonchev–Trinajstić information content (AvgIpc) is 2.84. The molecule has 0 bridgehead atoms. The van der Waals surface area contributed by atoms with Gasteiger partial charge in [0.15, 0.2) is 0 Å². The van der Waals surface area contributed by atoms with Gasteiger partial charge in [0.05, 0.1) is 11.5 Å². The van der Waals surface area contributed by atoms with Gasteiger partial charge in [0.25, 0.3) is 11.6 Å². The molecule has 3 rings (SSSR count). The summed E-state index contributed by atoms with van der Waals surface area (Å²) in [5.74, 6) is -0.965. The summed E-state index contributed by atoms with van der Waals surface area (Å²) in [4.78, 5) is 35.6. The first kappa shape index (κ1) is 16.3. The highest BCUT2D eigenvalue weighted by molar-refractivity contribution is 6.13. The van der Waals surface area contributed by atoms with Crippen molar-refractivity contribution < 1.29 is 18.9 Å². The normalized spacial score (nSPS) is 15.6. The number of urea groups is 1. The van der Waals surface area contributed by atoms with Crippen LogP contribution in [0.3, 0.4) is 0 Å². The largest absolute Gasteiger partial charge is 0.329 e. The highest BCUT2D eigenvalue weighted by Crippen LogP contribution is 2.19. The maximum absolute atomic E-state index is 12.9. The molecule has 2 aromatic carbocycles. The molecule has 3 amide bonds. The van der Waals surface area contributed by atoms with Crippen LogP contribution in [0.15, 0.2) is 54.2 Å². The smallest absolute Gasteiger partial charge is 0.303 e. The molecule has 1 heterocycles. The van der Waals surface area contributed by atoms with Gasteiger partial charge in [0.2, 0.25) is 0 Å². The van der Waals surface area contributed by atoms with Gasteiger partial charge in [-0.3, -0.25) is 19.8 Å². The Morgan fingerprint density at radius 1 is 1.16 bits per heavy atom. The van der Waals surface area contributed by atoms with Crippen molar-refractivity contribution in [2.45, 2.75) is 6.54 Å². The van der Waals surface area contributed by atoms with Crippen molar-refractivity contribution in [1.82, 2.24) is 10.2 Å². The van der Waals surface area contributed by atoms with Crippen LogP contribution in [0.1, 0.15) is 11.1 Å². The number of amides is 3. The van der Waals surface area contributed by atoms with Crippen LogP contribution in [0, 0.1) is 15.9 Å². The molecule has 0 aromatic heterocycles. The first-order valence-electron chi connectivity index (χ1n) is 7.27. The molecule has 1 fully saturated rings. The third-order valence-electron chi connectivity index (χ3n) is 3.61. The zero-order chi connectivity index (χ0) is 18.0. The van der Waals surface area contributed by atoms with Crippen molar-refractivity contribution in [3.63, 3.8) is 0 Å². The maximum Gasteiger partial charge on any atom is 0.329 e. The lowest BCUT2D eigenvalue weighted by Gasteiger charge is -2.11. The standard InChI is InChI=1S/C17H12FN3O4/c18-13-6-4-11(5-7-13)10-20-16(22)15(19-17(20)23)9-12-2-1-3-14(8-12)21(24)25/h1-9H,10H2,(H,19,23)/b15-9+. The second kappa shape index (κ2) is 6.52. The van der Waals surface area contributed by atoms with Gasteiger partial charge in [-0.2, -0.15) is 0 Å². The van der Waals surface area contributed by atoms with Crippen molar-refractivity contribution in [2.24, 2.45) is 0 Å². The quantitative estimate of drug-likeness (QED) is 0.400. The van der Waals surface area contributed by atoms with Gasteiger partial charge >= 0.3 is 6.03 Å². The number of carbonyl (C=O) groups is 2. The Morgan fingerprint density at radius 3 is 2.56 bits per heavy atom. The first-order valence-corrected chi connectivity index (χ1v) is 7.27. The number of imide groups is 1. The number of nitro benzene ring substituents is 1. The van der Waals surface area contributed by atoms with Crippen molar-refractivity contribution in [1.29, 1.82) is 0 Å². The van der Waals surface area contributed by atoms with Gasteiger partial charge in [-0.25, -0.2) is 9.18 Å². The zero-order valence-corrected chi connectivity index (χ0v) is 12.8. The van der Waals surface area contributed by atoms with Crippen molar-refractivity contribution in [3.05, 3.63) is 81.3 Å². The predicted octanol–water partition coefficient (Wildman–Crippen LogP) is 2.83. The molecule has 7 nitrogen and oxygen atoms in total. The molecular weight excluding hydrogens is 329 g/mol. The number of nitrogens with one attached hydrogen (secondary N) is 1. The minimum Gasteiger partial charge on any atom is -0.303 e. The number of hydrogen-bond donors (Lipinski definition) is 1. The highest BCUT2D eigenvalue weighted by atomic mass is 19.1. The van der Waals surface area contributed by atoms with E-state index in [4.69, 9.17) is 0 Å². The molecule has 2 aromatic rings. The monoisotopic (exact) mass is 341 g/mol. The zero-order valence-electron chi connectivity index (χ0n) is 12.8. The second-order valence-corrected chi connectivity index (χ2v) is 5.36. The number of carbonyl (C=O) groups excluding carboxylic acids is 2. The van der Waals surface area contributed by atoms with Gasteiger partial charge in [0, 0.05) is 12.1 Å². The molecular formula is C17H12FN3O4. The number of benzene rings is 2. The molecule has 1 N–H and O–H groups in total. The lowest BCUT2D eigenvalue weighted by Crippen LogP contribution is -2.30. The van der Waals surface area contributed by atoms with Gasteiger partial charge in [-0.1, -0.05) is 24.3 Å². The molecule has 0 atom stereocenters. The van der Waals surface area contributed by atoms with Crippen LogP contribution in [0.4, 0.5) is 14.9 Å². The highest BCUT2D eigenvalue weighted by Gasteiger charge is 2.33. The Morgan fingerprint density at radius 2 is 1.88 bits per heavy atom. The number of halogens is 1. The van der Waals surface area contributed by atoms with Crippen LogP contribution in [-0.2, 0) is 11.3 Å². The number of non-ortho nitro benzene ring substituents is 1. The third kappa shape index (κ3) is 3.52. The molecule has 25 heavy (non-hydrogen) atoms. The summed E-state index contributed by atoms with van der Waals surface area (Å²) in [5, 5.41) is 13.2. The summed E-state index contributed by atoms with van der Waals surface area (Å²) in [6.45, 7) is -0.00275. The summed E-state index contributed by atoms with van der Waals surface area (Å²) in [6.07, 6.45) is 1.37. The van der Waals surface area contributed by atoms with E-state index in [0.29, 0.717) is 11.1 Å². The second-order valence-electron chi connectivity index (χ2n) is 5.36. The van der Waals surface area contributed by atoms with Crippen LogP contribution in [-0.4, -0.2) is 21.8 Å². The Kier molecular flexibility index (Phi) is 4.25. The minimum absolute atomic E-state index is 0.00275. The van der Waals surface area contributed by atoms with E-state index in [0.717, 1.165) is 4.90 Å². The van der Waals surface area contributed by atoms with Crippen molar-refractivity contribution in [3.8, 4) is 0 Å². The molecule has 8 heteroatoms. The van der Waals surface area contributed by atoms with E-state index in [1.165, 1.54) is 48.5 Å². The summed E-state index contributed by atoms with van der Waals surface area (Å²) in [6, 6.07) is 10.6. The molecule has 1 aliphatic rings. The number of nitrogens with zero attached hydrogens (tertiary/aromatic N) is 2. The molecule has 0 aliphatic carbocycles. The Balaban J connectivity index is 1.82. The summed E-state index contributed by atoms with van der Waals surface area (Å²) >= 11 is 0. The van der Waals surface area contributed by atoms with E-state index in [2.05, 4.69) is 5.32 Å². The Bertz CT molecular complexity index is 893. The van der Waals surface area contributed by atoms with E-state index in [1.54, 1.807) is 6.07 Å². The first-order chi connectivity index (χ1) is 11.9.